The zero-order valence-electron chi connectivity index (χ0n) is 19.6. The number of benzene rings is 3. The van der Waals surface area contributed by atoms with Crippen LogP contribution in [-0.2, 0) is 17.6 Å². The summed E-state index contributed by atoms with van der Waals surface area (Å²) in [5, 5.41) is 0. The fourth-order valence-electron chi connectivity index (χ4n) is 4.48. The van der Waals surface area contributed by atoms with Crippen molar-refractivity contribution in [3.8, 4) is 16.9 Å². The van der Waals surface area contributed by atoms with Crippen LogP contribution in [0, 0.1) is 23.3 Å². The van der Waals surface area contributed by atoms with Crippen molar-refractivity contribution in [2.45, 2.75) is 44.6 Å². The SMILES string of the molecule is C=CC1CCC(c2ccc(-c3ccc(CCc4ccc(OCC)cc4)c(F)c3F)c(F)c2F)CO1. The molecule has 0 aromatic heterocycles. The zero-order chi connectivity index (χ0) is 24.9. The average Bonchev–Trinajstić information content (AvgIpc) is 2.88. The molecule has 35 heavy (non-hydrogen) atoms. The maximum absolute atomic E-state index is 15.0. The minimum atomic E-state index is -1.19. The van der Waals surface area contributed by atoms with Gasteiger partial charge in [0.15, 0.2) is 23.3 Å². The van der Waals surface area contributed by atoms with Crippen LogP contribution >= 0.6 is 0 Å². The molecule has 0 N–H and O–H groups in total. The van der Waals surface area contributed by atoms with Crippen molar-refractivity contribution in [2.24, 2.45) is 0 Å². The lowest BCUT2D eigenvalue weighted by Gasteiger charge is -2.28. The van der Waals surface area contributed by atoms with Gasteiger partial charge in [0.2, 0.25) is 0 Å². The Hall–Kier alpha value is -3.12. The molecule has 2 nitrogen and oxygen atoms in total. The molecule has 0 amide bonds. The Labute approximate surface area is 203 Å². The van der Waals surface area contributed by atoms with E-state index in [4.69, 9.17) is 9.47 Å². The first-order valence-corrected chi connectivity index (χ1v) is 11.8. The van der Waals surface area contributed by atoms with Crippen LogP contribution in [-0.4, -0.2) is 19.3 Å². The maximum atomic E-state index is 15.0. The van der Waals surface area contributed by atoms with Crippen LogP contribution in [0.25, 0.3) is 11.1 Å². The van der Waals surface area contributed by atoms with Crippen LogP contribution in [0.3, 0.4) is 0 Å². The number of halogens is 4. The topological polar surface area (TPSA) is 18.5 Å². The summed E-state index contributed by atoms with van der Waals surface area (Å²) in [6, 6.07) is 12.9. The van der Waals surface area contributed by atoms with Gasteiger partial charge in [-0.1, -0.05) is 42.5 Å². The number of hydrogen-bond donors (Lipinski definition) is 0. The zero-order valence-corrected chi connectivity index (χ0v) is 19.6. The molecule has 184 valence electrons. The molecule has 0 bridgehead atoms. The summed E-state index contributed by atoms with van der Waals surface area (Å²) in [5.74, 6) is -4.03. The minimum absolute atomic E-state index is 0.0940. The molecule has 1 heterocycles. The number of aryl methyl sites for hydroxylation is 2. The fraction of sp³-hybridized carbons (Fsp3) is 0.310. The Morgan fingerprint density at radius 1 is 0.857 bits per heavy atom. The van der Waals surface area contributed by atoms with E-state index in [9.17, 15) is 17.6 Å². The van der Waals surface area contributed by atoms with Crippen molar-refractivity contribution in [1.29, 1.82) is 0 Å². The third-order valence-electron chi connectivity index (χ3n) is 6.50. The normalized spacial score (nSPS) is 17.9. The molecule has 0 spiro atoms. The van der Waals surface area contributed by atoms with Crippen LogP contribution in [0.2, 0.25) is 0 Å². The van der Waals surface area contributed by atoms with E-state index >= 15 is 0 Å². The van der Waals surface area contributed by atoms with Gasteiger partial charge < -0.3 is 9.47 Å². The first-order valence-electron chi connectivity index (χ1n) is 11.8. The van der Waals surface area contributed by atoms with Crippen LogP contribution < -0.4 is 4.74 Å². The Morgan fingerprint density at radius 2 is 1.54 bits per heavy atom. The Kier molecular flexibility index (Phi) is 7.91. The standard InChI is InChI=1S/C29H28F4O2/c1-3-21-13-9-20(17-35-21)23-15-16-25(29(33)27(23)31)24-14-10-19(26(30)28(24)32)8-5-18-6-11-22(12-7-18)34-4-2/h3,6-7,10-12,14-16,20-21H,1,4-5,8-9,13,17H2,2H3. The monoisotopic (exact) mass is 484 g/mol. The Morgan fingerprint density at radius 3 is 2.17 bits per heavy atom. The molecule has 0 saturated carbocycles. The van der Waals surface area contributed by atoms with Gasteiger partial charge in [0.25, 0.3) is 0 Å². The molecule has 1 aliphatic heterocycles. The van der Waals surface area contributed by atoms with E-state index in [2.05, 4.69) is 6.58 Å². The van der Waals surface area contributed by atoms with E-state index in [0.717, 1.165) is 11.3 Å². The van der Waals surface area contributed by atoms with Crippen LogP contribution in [0.1, 0.15) is 42.4 Å². The van der Waals surface area contributed by atoms with Gasteiger partial charge in [0.05, 0.1) is 19.3 Å². The summed E-state index contributed by atoms with van der Waals surface area (Å²) in [7, 11) is 0. The van der Waals surface area contributed by atoms with E-state index in [0.29, 0.717) is 25.9 Å². The van der Waals surface area contributed by atoms with Crippen LogP contribution in [0.4, 0.5) is 17.6 Å². The largest absolute Gasteiger partial charge is 0.494 e. The molecule has 2 unspecified atom stereocenters. The predicted molar refractivity (Wildman–Crippen MR) is 129 cm³/mol. The quantitative estimate of drug-likeness (QED) is 0.243. The number of ether oxygens (including phenoxy) is 2. The summed E-state index contributed by atoms with van der Waals surface area (Å²) >= 11 is 0. The Balaban J connectivity index is 1.51. The second-order valence-corrected chi connectivity index (χ2v) is 8.69. The van der Waals surface area contributed by atoms with Crippen molar-refractivity contribution in [1.82, 2.24) is 0 Å². The highest BCUT2D eigenvalue weighted by molar-refractivity contribution is 5.66. The van der Waals surface area contributed by atoms with Gasteiger partial charge in [-0.15, -0.1) is 6.58 Å². The van der Waals surface area contributed by atoms with Gasteiger partial charge in [-0.2, -0.15) is 0 Å². The lowest BCUT2D eigenvalue weighted by Crippen LogP contribution is -2.23. The lowest BCUT2D eigenvalue weighted by atomic mass is 9.89. The Bertz CT molecular complexity index is 1180. The molecular formula is C29H28F4O2. The van der Waals surface area contributed by atoms with E-state index in [1.807, 2.05) is 31.2 Å². The van der Waals surface area contributed by atoms with E-state index < -0.39 is 23.3 Å². The van der Waals surface area contributed by atoms with Gasteiger partial charge in [0, 0.05) is 17.0 Å². The smallest absolute Gasteiger partial charge is 0.167 e. The molecule has 3 aromatic rings. The third kappa shape index (κ3) is 5.43. The molecule has 6 heteroatoms. The highest BCUT2D eigenvalue weighted by Gasteiger charge is 2.27. The molecular weight excluding hydrogens is 456 g/mol. The molecule has 1 aliphatic rings. The number of hydrogen-bond acceptors (Lipinski definition) is 2. The summed E-state index contributed by atoms with van der Waals surface area (Å²) in [4.78, 5) is 0. The first kappa shape index (κ1) is 25.0. The van der Waals surface area contributed by atoms with Crippen molar-refractivity contribution in [3.05, 3.63) is 101 Å². The van der Waals surface area contributed by atoms with Gasteiger partial charge in [-0.25, -0.2) is 17.6 Å². The minimum Gasteiger partial charge on any atom is -0.494 e. The summed E-state index contributed by atoms with van der Waals surface area (Å²) < 4.78 is 70.7. The first-order chi connectivity index (χ1) is 16.9. The van der Waals surface area contributed by atoms with Gasteiger partial charge >= 0.3 is 0 Å². The number of rotatable bonds is 8. The summed E-state index contributed by atoms with van der Waals surface area (Å²) in [6.45, 7) is 6.40. The van der Waals surface area contributed by atoms with Crippen molar-refractivity contribution in [2.75, 3.05) is 13.2 Å². The highest BCUT2D eigenvalue weighted by atomic mass is 19.2. The summed E-state index contributed by atoms with van der Waals surface area (Å²) in [6.07, 6.45) is 3.64. The van der Waals surface area contributed by atoms with E-state index in [1.165, 1.54) is 24.3 Å². The lowest BCUT2D eigenvalue weighted by molar-refractivity contribution is 0.0320. The molecule has 0 aliphatic carbocycles. The molecule has 0 radical (unpaired) electrons. The van der Waals surface area contributed by atoms with Crippen LogP contribution in [0.5, 0.6) is 5.75 Å². The predicted octanol–water partition coefficient (Wildman–Crippen LogP) is 7.54. The van der Waals surface area contributed by atoms with Gasteiger partial charge in [-0.05, 0) is 61.4 Å². The van der Waals surface area contributed by atoms with Crippen molar-refractivity contribution < 1.29 is 27.0 Å². The fourth-order valence-corrected chi connectivity index (χ4v) is 4.48. The second kappa shape index (κ2) is 11.1. The van der Waals surface area contributed by atoms with E-state index in [-0.39, 0.29) is 47.3 Å². The van der Waals surface area contributed by atoms with E-state index in [1.54, 1.807) is 6.08 Å². The third-order valence-corrected chi connectivity index (χ3v) is 6.50. The average molecular weight is 485 g/mol. The molecule has 2 atom stereocenters. The van der Waals surface area contributed by atoms with Crippen molar-refractivity contribution in [3.63, 3.8) is 0 Å². The molecule has 4 rings (SSSR count). The molecule has 1 saturated heterocycles. The molecule has 1 fully saturated rings. The molecule has 3 aromatic carbocycles. The van der Waals surface area contributed by atoms with Crippen LogP contribution in [0.15, 0.2) is 61.2 Å². The highest BCUT2D eigenvalue weighted by Crippen LogP contribution is 2.36. The van der Waals surface area contributed by atoms with Gasteiger partial charge in [0.1, 0.15) is 5.75 Å². The van der Waals surface area contributed by atoms with Crippen molar-refractivity contribution >= 4 is 0 Å². The maximum Gasteiger partial charge on any atom is 0.167 e. The van der Waals surface area contributed by atoms with Gasteiger partial charge in [-0.3, -0.25) is 0 Å². The summed E-state index contributed by atoms with van der Waals surface area (Å²) in [5.41, 5.74) is 0.700. The second-order valence-electron chi connectivity index (χ2n) is 8.69.